The van der Waals surface area contributed by atoms with Crippen molar-refractivity contribution in [1.29, 1.82) is 0 Å². The molecule has 0 fully saturated rings. The van der Waals surface area contributed by atoms with Gasteiger partial charge in [0.2, 0.25) is 0 Å². The molecule has 56 heavy (non-hydrogen) atoms. The van der Waals surface area contributed by atoms with Gasteiger partial charge in [-0.05, 0) is 83.4 Å². The second-order valence-electron chi connectivity index (χ2n) is 14.5. The van der Waals surface area contributed by atoms with Crippen molar-refractivity contribution in [3.8, 4) is 0 Å². The Bertz CT molecular complexity index is 3100. The Morgan fingerprint density at radius 3 is 1.79 bits per heavy atom. The molecule has 0 amide bonds. The Morgan fingerprint density at radius 2 is 1.05 bits per heavy atom. The van der Waals surface area contributed by atoms with E-state index in [9.17, 15) is 0 Å². The van der Waals surface area contributed by atoms with Gasteiger partial charge >= 0.3 is 0 Å². The largest absolute Gasteiger partial charge is 0.456 e. The standard InChI is InChI=1S/C51H32N2O2S/c1-2-13-32(14-3-1)49-41-19-4-5-20-42(41)51-50(49)53(43-21-8-11-24-48(43)56-51)34-16-12-15-33(29-34)52(35-25-27-39-37-17-6-9-22-44(37)54-46(39)30-35)36-26-28-40-38-18-7-10-23-45(38)55-47(40)31-36/h1-31,49H. The summed E-state index contributed by atoms with van der Waals surface area (Å²) in [7, 11) is 0. The number of para-hydroxylation sites is 3. The van der Waals surface area contributed by atoms with Crippen LogP contribution >= 0.6 is 11.8 Å². The third-order valence-corrected chi connectivity index (χ3v) is 12.5. The normalized spacial score (nSPS) is 14.8. The average Bonchev–Trinajstić information content (AvgIpc) is 3.92. The summed E-state index contributed by atoms with van der Waals surface area (Å²) < 4.78 is 12.9. The number of thioether (sulfide) groups is 1. The number of hydrogen-bond acceptors (Lipinski definition) is 5. The molecule has 2 aliphatic rings. The molecule has 2 aromatic heterocycles. The van der Waals surface area contributed by atoms with E-state index < -0.39 is 0 Å². The van der Waals surface area contributed by atoms with Crippen LogP contribution in [0.15, 0.2) is 207 Å². The molecule has 0 spiro atoms. The number of nitrogens with zero attached hydrogens (tertiary/aromatic N) is 2. The van der Waals surface area contributed by atoms with Gasteiger partial charge in [0.05, 0.1) is 11.6 Å². The van der Waals surface area contributed by atoms with E-state index in [1.165, 1.54) is 37.9 Å². The van der Waals surface area contributed by atoms with E-state index in [4.69, 9.17) is 8.83 Å². The zero-order chi connectivity index (χ0) is 36.7. The highest BCUT2D eigenvalue weighted by Crippen LogP contribution is 2.60. The molecule has 0 saturated heterocycles. The zero-order valence-electron chi connectivity index (χ0n) is 30.1. The molecule has 4 nitrogen and oxygen atoms in total. The summed E-state index contributed by atoms with van der Waals surface area (Å²) in [5.41, 5.74) is 14.0. The lowest BCUT2D eigenvalue weighted by molar-refractivity contribution is 0.669. The van der Waals surface area contributed by atoms with Crippen molar-refractivity contribution in [3.05, 3.63) is 210 Å². The number of furan rings is 2. The first kappa shape index (κ1) is 31.4. The summed E-state index contributed by atoms with van der Waals surface area (Å²) in [6.07, 6.45) is 0. The maximum atomic E-state index is 6.45. The highest BCUT2D eigenvalue weighted by atomic mass is 32.2. The lowest BCUT2D eigenvalue weighted by Gasteiger charge is -2.36. The van der Waals surface area contributed by atoms with Gasteiger partial charge in [-0.25, -0.2) is 0 Å². The van der Waals surface area contributed by atoms with Crippen molar-refractivity contribution in [1.82, 2.24) is 0 Å². The van der Waals surface area contributed by atoms with Crippen LogP contribution in [0, 0.1) is 0 Å². The Hall–Kier alpha value is -6.95. The smallest absolute Gasteiger partial charge is 0.137 e. The van der Waals surface area contributed by atoms with Crippen LogP contribution in [0.3, 0.4) is 0 Å². The van der Waals surface area contributed by atoms with E-state index in [1.807, 2.05) is 36.0 Å². The molecule has 10 aromatic rings. The van der Waals surface area contributed by atoms with E-state index in [0.717, 1.165) is 66.6 Å². The lowest BCUT2D eigenvalue weighted by Crippen LogP contribution is -2.23. The molecular weight excluding hydrogens is 705 g/mol. The van der Waals surface area contributed by atoms with Crippen molar-refractivity contribution in [3.63, 3.8) is 0 Å². The predicted molar refractivity (Wildman–Crippen MR) is 232 cm³/mol. The van der Waals surface area contributed by atoms with Crippen LogP contribution in [0.4, 0.5) is 28.4 Å². The third kappa shape index (κ3) is 4.74. The minimum Gasteiger partial charge on any atom is -0.456 e. The molecule has 12 rings (SSSR count). The quantitative estimate of drug-likeness (QED) is 0.176. The minimum absolute atomic E-state index is 0.0778. The van der Waals surface area contributed by atoms with Crippen LogP contribution in [-0.4, -0.2) is 0 Å². The number of benzene rings is 8. The Balaban J connectivity index is 1.07. The molecule has 0 N–H and O–H groups in total. The highest BCUT2D eigenvalue weighted by Gasteiger charge is 2.40. The average molecular weight is 737 g/mol. The first-order valence-electron chi connectivity index (χ1n) is 18.9. The molecule has 0 radical (unpaired) electrons. The highest BCUT2D eigenvalue weighted by molar-refractivity contribution is 8.08. The monoisotopic (exact) mass is 736 g/mol. The fourth-order valence-electron chi connectivity index (χ4n) is 8.86. The third-order valence-electron chi connectivity index (χ3n) is 11.3. The number of hydrogen-bond donors (Lipinski definition) is 0. The van der Waals surface area contributed by atoms with Crippen LogP contribution in [0.2, 0.25) is 0 Å². The molecular formula is C51H32N2O2S. The van der Waals surface area contributed by atoms with Crippen LogP contribution in [-0.2, 0) is 0 Å². The van der Waals surface area contributed by atoms with E-state index in [1.54, 1.807) is 0 Å². The molecule has 1 atom stereocenters. The van der Waals surface area contributed by atoms with Gasteiger partial charge in [0.15, 0.2) is 0 Å². The number of allylic oxidation sites excluding steroid dienone is 1. The number of anilines is 5. The van der Waals surface area contributed by atoms with Gasteiger partial charge in [-0.2, -0.15) is 0 Å². The van der Waals surface area contributed by atoms with Crippen molar-refractivity contribution < 1.29 is 8.83 Å². The molecule has 5 heteroatoms. The fourth-order valence-corrected chi connectivity index (χ4v) is 10.1. The summed E-state index contributed by atoms with van der Waals surface area (Å²) in [5, 5.41) is 4.42. The Labute approximate surface area is 327 Å². The topological polar surface area (TPSA) is 32.8 Å². The first-order chi connectivity index (χ1) is 27.8. The molecule has 3 heterocycles. The Kier molecular flexibility index (Phi) is 6.89. The van der Waals surface area contributed by atoms with E-state index >= 15 is 0 Å². The second-order valence-corrected chi connectivity index (χ2v) is 15.5. The maximum absolute atomic E-state index is 6.45. The van der Waals surface area contributed by atoms with E-state index in [0.29, 0.717) is 0 Å². The van der Waals surface area contributed by atoms with Crippen LogP contribution in [0.5, 0.6) is 0 Å². The van der Waals surface area contributed by atoms with Crippen molar-refractivity contribution in [2.24, 2.45) is 0 Å². The molecule has 8 aromatic carbocycles. The van der Waals surface area contributed by atoms with Gasteiger partial charge in [-0.15, -0.1) is 0 Å². The van der Waals surface area contributed by atoms with Crippen molar-refractivity contribution in [2.45, 2.75) is 10.8 Å². The molecule has 1 aliphatic heterocycles. The molecule has 0 bridgehead atoms. The summed E-state index contributed by atoms with van der Waals surface area (Å²) in [5.74, 6) is 0.0778. The van der Waals surface area contributed by atoms with Gasteiger partial charge in [-0.3, -0.25) is 0 Å². The van der Waals surface area contributed by atoms with Gasteiger partial charge in [0.25, 0.3) is 0 Å². The van der Waals surface area contributed by atoms with E-state index in [-0.39, 0.29) is 5.92 Å². The summed E-state index contributed by atoms with van der Waals surface area (Å²) in [4.78, 5) is 7.37. The summed E-state index contributed by atoms with van der Waals surface area (Å²) in [6, 6.07) is 67.2. The zero-order valence-corrected chi connectivity index (χ0v) is 30.9. The minimum atomic E-state index is 0.0778. The first-order valence-corrected chi connectivity index (χ1v) is 19.8. The van der Waals surface area contributed by atoms with Crippen LogP contribution in [0.25, 0.3) is 48.8 Å². The van der Waals surface area contributed by atoms with Crippen molar-refractivity contribution in [2.75, 3.05) is 9.80 Å². The van der Waals surface area contributed by atoms with Crippen LogP contribution in [0.1, 0.15) is 22.6 Å². The van der Waals surface area contributed by atoms with Gasteiger partial charge < -0.3 is 18.6 Å². The van der Waals surface area contributed by atoms with Crippen molar-refractivity contribution >= 4 is 89.0 Å². The maximum Gasteiger partial charge on any atom is 0.137 e. The number of fused-ring (bicyclic) bond motifs is 9. The summed E-state index contributed by atoms with van der Waals surface area (Å²) in [6.45, 7) is 0. The lowest BCUT2D eigenvalue weighted by atomic mass is 9.90. The van der Waals surface area contributed by atoms with Gasteiger partial charge in [0, 0.05) is 71.9 Å². The molecule has 1 aliphatic carbocycles. The molecule has 1 unspecified atom stereocenters. The van der Waals surface area contributed by atoms with Gasteiger partial charge in [-0.1, -0.05) is 121 Å². The molecule has 264 valence electrons. The van der Waals surface area contributed by atoms with Crippen LogP contribution < -0.4 is 9.80 Å². The predicted octanol–water partition coefficient (Wildman–Crippen LogP) is 14.7. The summed E-state index contributed by atoms with van der Waals surface area (Å²) >= 11 is 1.88. The molecule has 0 saturated carbocycles. The SMILES string of the molecule is c1ccc(C2C3=C(Sc4ccccc4N3c3cccc(N(c4ccc5c(c4)oc4ccccc45)c4ccc5c(c4)oc4ccccc45)c3)c3ccccc32)cc1. The fraction of sp³-hybridized carbons (Fsp3) is 0.0196. The van der Waals surface area contributed by atoms with E-state index in [2.05, 4.69) is 174 Å². The second kappa shape index (κ2) is 12.3. The Morgan fingerprint density at radius 1 is 0.464 bits per heavy atom. The van der Waals surface area contributed by atoms with Gasteiger partial charge in [0.1, 0.15) is 22.3 Å². The number of rotatable bonds is 5.